The van der Waals surface area contributed by atoms with Crippen molar-refractivity contribution in [2.75, 3.05) is 16.8 Å². The van der Waals surface area contributed by atoms with Gasteiger partial charge in [-0.05, 0) is 42.0 Å². The SMILES string of the molecule is CN(C1=C(c2ccccc2)C(=O)N(c2ccc(C(F)(F)F)cc2)C1=O)c1ccccc1. The quantitative estimate of drug-likeness (QED) is 0.548. The van der Waals surface area contributed by atoms with Gasteiger partial charge in [0, 0.05) is 12.7 Å². The van der Waals surface area contributed by atoms with Crippen molar-refractivity contribution >= 4 is 28.8 Å². The van der Waals surface area contributed by atoms with E-state index in [4.69, 9.17) is 0 Å². The molecule has 0 fully saturated rings. The van der Waals surface area contributed by atoms with Crippen LogP contribution in [0.1, 0.15) is 11.1 Å². The van der Waals surface area contributed by atoms with Crippen molar-refractivity contribution < 1.29 is 22.8 Å². The zero-order valence-electron chi connectivity index (χ0n) is 16.4. The van der Waals surface area contributed by atoms with Crippen LogP contribution in [0.5, 0.6) is 0 Å². The maximum atomic E-state index is 13.4. The molecular weight excluding hydrogens is 405 g/mol. The fraction of sp³-hybridized carbons (Fsp3) is 0.0833. The van der Waals surface area contributed by atoms with E-state index in [-0.39, 0.29) is 17.0 Å². The van der Waals surface area contributed by atoms with E-state index in [1.807, 2.05) is 18.2 Å². The van der Waals surface area contributed by atoms with E-state index in [2.05, 4.69) is 0 Å². The second kappa shape index (κ2) is 7.75. The number of alkyl halides is 3. The first-order valence-corrected chi connectivity index (χ1v) is 9.43. The fourth-order valence-electron chi connectivity index (χ4n) is 3.51. The first-order chi connectivity index (χ1) is 14.8. The zero-order chi connectivity index (χ0) is 22.2. The molecule has 3 aromatic carbocycles. The summed E-state index contributed by atoms with van der Waals surface area (Å²) in [5.74, 6) is -1.19. The van der Waals surface area contributed by atoms with Crippen LogP contribution in [0.2, 0.25) is 0 Å². The Bertz CT molecular complexity index is 1150. The number of carbonyl (C=O) groups is 2. The molecule has 1 aliphatic heterocycles. The third kappa shape index (κ3) is 3.70. The highest BCUT2D eigenvalue weighted by molar-refractivity contribution is 6.46. The average Bonchev–Trinajstić information content (AvgIpc) is 3.04. The van der Waals surface area contributed by atoms with E-state index in [9.17, 15) is 22.8 Å². The summed E-state index contributed by atoms with van der Waals surface area (Å²) in [6, 6.07) is 21.8. The second-order valence-corrected chi connectivity index (χ2v) is 6.97. The van der Waals surface area contributed by atoms with Crippen molar-refractivity contribution in [1.29, 1.82) is 0 Å². The fourth-order valence-corrected chi connectivity index (χ4v) is 3.51. The van der Waals surface area contributed by atoms with Gasteiger partial charge in [-0.15, -0.1) is 0 Å². The molecule has 0 saturated carbocycles. The number of halogens is 3. The summed E-state index contributed by atoms with van der Waals surface area (Å²) in [6.45, 7) is 0. The van der Waals surface area contributed by atoms with Gasteiger partial charge in [-0.25, -0.2) is 4.90 Å². The van der Waals surface area contributed by atoms with Crippen molar-refractivity contribution in [3.63, 3.8) is 0 Å². The van der Waals surface area contributed by atoms with Crippen molar-refractivity contribution in [1.82, 2.24) is 0 Å². The van der Waals surface area contributed by atoms with Crippen LogP contribution in [0, 0.1) is 0 Å². The van der Waals surface area contributed by atoms with Crippen LogP contribution in [0.15, 0.2) is 90.6 Å². The number of amides is 2. The van der Waals surface area contributed by atoms with Crippen molar-refractivity contribution in [3.8, 4) is 0 Å². The highest BCUT2D eigenvalue weighted by Crippen LogP contribution is 2.37. The van der Waals surface area contributed by atoms with Crippen LogP contribution in [-0.2, 0) is 15.8 Å². The van der Waals surface area contributed by atoms with Crippen LogP contribution < -0.4 is 9.80 Å². The number of para-hydroxylation sites is 1. The second-order valence-electron chi connectivity index (χ2n) is 6.97. The van der Waals surface area contributed by atoms with Gasteiger partial charge in [0.2, 0.25) is 0 Å². The Kier molecular flexibility index (Phi) is 5.10. The Morgan fingerprint density at radius 3 is 1.84 bits per heavy atom. The number of carbonyl (C=O) groups excluding carboxylic acids is 2. The lowest BCUT2D eigenvalue weighted by Crippen LogP contribution is -2.34. The summed E-state index contributed by atoms with van der Waals surface area (Å²) in [7, 11) is 1.68. The molecule has 0 N–H and O–H groups in total. The molecule has 0 aliphatic carbocycles. The number of benzene rings is 3. The summed E-state index contributed by atoms with van der Waals surface area (Å²) in [5.41, 5.74) is 0.814. The lowest BCUT2D eigenvalue weighted by molar-refractivity contribution is -0.137. The van der Waals surface area contributed by atoms with E-state index in [1.165, 1.54) is 0 Å². The summed E-state index contributed by atoms with van der Waals surface area (Å²) in [6.07, 6.45) is -4.51. The number of hydrogen-bond acceptors (Lipinski definition) is 3. The molecule has 0 bridgehead atoms. The van der Waals surface area contributed by atoms with E-state index in [0.29, 0.717) is 11.3 Å². The molecule has 4 rings (SSSR count). The Labute approximate surface area is 176 Å². The topological polar surface area (TPSA) is 40.6 Å². The molecule has 0 saturated heterocycles. The van der Waals surface area contributed by atoms with Crippen LogP contribution in [0.25, 0.3) is 5.57 Å². The maximum Gasteiger partial charge on any atom is 0.416 e. The van der Waals surface area contributed by atoms with E-state index < -0.39 is 23.6 Å². The normalized spacial score (nSPS) is 14.4. The van der Waals surface area contributed by atoms with Gasteiger partial charge in [-0.2, -0.15) is 13.2 Å². The van der Waals surface area contributed by atoms with Gasteiger partial charge in [-0.1, -0.05) is 48.5 Å². The van der Waals surface area contributed by atoms with Gasteiger partial charge in [-0.3, -0.25) is 9.59 Å². The predicted octanol–water partition coefficient (Wildman–Crippen LogP) is 5.13. The molecule has 156 valence electrons. The molecule has 4 nitrogen and oxygen atoms in total. The zero-order valence-corrected chi connectivity index (χ0v) is 16.4. The number of nitrogens with zero attached hydrogens (tertiary/aromatic N) is 2. The lowest BCUT2D eigenvalue weighted by Gasteiger charge is -2.21. The monoisotopic (exact) mass is 422 g/mol. The highest BCUT2D eigenvalue weighted by atomic mass is 19.4. The summed E-state index contributed by atoms with van der Waals surface area (Å²) < 4.78 is 38.8. The lowest BCUT2D eigenvalue weighted by atomic mass is 10.0. The van der Waals surface area contributed by atoms with E-state index in [0.717, 1.165) is 29.2 Å². The molecule has 1 aliphatic rings. The number of hydrogen-bond donors (Lipinski definition) is 0. The Morgan fingerprint density at radius 1 is 0.742 bits per heavy atom. The molecule has 0 atom stereocenters. The summed E-state index contributed by atoms with van der Waals surface area (Å²) in [5, 5.41) is 0. The molecule has 0 spiro atoms. The molecule has 0 aromatic heterocycles. The third-order valence-electron chi connectivity index (χ3n) is 5.05. The van der Waals surface area contributed by atoms with Crippen molar-refractivity contribution in [3.05, 3.63) is 102 Å². The Hall–Kier alpha value is -3.87. The van der Waals surface area contributed by atoms with Gasteiger partial charge in [0.05, 0.1) is 16.8 Å². The Morgan fingerprint density at radius 2 is 1.29 bits per heavy atom. The first-order valence-electron chi connectivity index (χ1n) is 9.43. The molecule has 0 radical (unpaired) electrons. The van der Waals surface area contributed by atoms with Crippen molar-refractivity contribution in [2.45, 2.75) is 6.18 Å². The van der Waals surface area contributed by atoms with Gasteiger partial charge in [0.25, 0.3) is 11.8 Å². The van der Waals surface area contributed by atoms with Crippen LogP contribution in [0.4, 0.5) is 24.5 Å². The smallest absolute Gasteiger partial charge is 0.339 e. The number of likely N-dealkylation sites (N-methyl/N-ethyl adjacent to an activating group) is 1. The highest BCUT2D eigenvalue weighted by Gasteiger charge is 2.42. The minimum Gasteiger partial charge on any atom is -0.339 e. The van der Waals surface area contributed by atoms with Gasteiger partial charge < -0.3 is 4.90 Å². The van der Waals surface area contributed by atoms with Gasteiger partial charge in [0.1, 0.15) is 5.70 Å². The van der Waals surface area contributed by atoms with Crippen molar-refractivity contribution in [2.24, 2.45) is 0 Å². The standard InChI is InChI=1S/C24H17F3N2O2/c1-28(18-10-6-3-7-11-18)21-20(16-8-4-2-5-9-16)22(30)29(23(21)31)19-14-12-17(13-15-19)24(25,26)27/h2-15H,1H3. The van der Waals surface area contributed by atoms with Crippen LogP contribution in [0.3, 0.4) is 0 Å². The molecule has 1 heterocycles. The third-order valence-corrected chi connectivity index (χ3v) is 5.05. The molecular formula is C24H17F3N2O2. The average molecular weight is 422 g/mol. The molecule has 2 amide bonds. The molecule has 7 heteroatoms. The maximum absolute atomic E-state index is 13.4. The number of imide groups is 1. The number of anilines is 2. The molecule has 0 unspecified atom stereocenters. The number of rotatable bonds is 4. The summed E-state index contributed by atoms with van der Waals surface area (Å²) >= 11 is 0. The van der Waals surface area contributed by atoms with Gasteiger partial charge in [0.15, 0.2) is 0 Å². The van der Waals surface area contributed by atoms with Crippen LogP contribution >= 0.6 is 0 Å². The minimum atomic E-state index is -4.51. The van der Waals surface area contributed by atoms with E-state index in [1.54, 1.807) is 54.4 Å². The Balaban J connectivity index is 1.81. The largest absolute Gasteiger partial charge is 0.416 e. The van der Waals surface area contributed by atoms with E-state index >= 15 is 0 Å². The molecule has 31 heavy (non-hydrogen) atoms. The minimum absolute atomic E-state index is 0.0768. The molecule has 3 aromatic rings. The summed E-state index contributed by atoms with van der Waals surface area (Å²) in [4.78, 5) is 29.3. The first kappa shape index (κ1) is 20.4. The van der Waals surface area contributed by atoms with Crippen LogP contribution in [-0.4, -0.2) is 18.9 Å². The predicted molar refractivity (Wildman–Crippen MR) is 112 cm³/mol. The van der Waals surface area contributed by atoms with Gasteiger partial charge >= 0.3 is 6.18 Å².